The summed E-state index contributed by atoms with van der Waals surface area (Å²) < 4.78 is 16.9. The number of ether oxygens (including phenoxy) is 3. The Bertz CT molecular complexity index is 1450. The summed E-state index contributed by atoms with van der Waals surface area (Å²) in [5, 5.41) is 2.18. The Balaban J connectivity index is 1.61. The number of barbiturate groups is 1. The van der Waals surface area contributed by atoms with Crippen LogP contribution in [0.15, 0.2) is 66.2 Å². The van der Waals surface area contributed by atoms with E-state index in [1.54, 1.807) is 12.1 Å². The molecule has 0 spiro atoms. The highest BCUT2D eigenvalue weighted by Gasteiger charge is 2.37. The number of imide groups is 2. The maximum absolute atomic E-state index is 13.2. The minimum Gasteiger partial charge on any atom is -0.493 e. The molecule has 0 aliphatic carbocycles. The van der Waals surface area contributed by atoms with Gasteiger partial charge in [-0.05, 0) is 83.1 Å². The van der Waals surface area contributed by atoms with Crippen molar-refractivity contribution in [1.29, 1.82) is 0 Å². The first-order valence-electron chi connectivity index (χ1n) is 11.4. The Hall–Kier alpha value is -4.19. The second kappa shape index (κ2) is 11.5. The molecule has 1 aliphatic heterocycles. The summed E-state index contributed by atoms with van der Waals surface area (Å²) in [4.78, 5) is 50.9. The third-order valence-corrected chi connectivity index (χ3v) is 6.52. The number of nitrogens with zero attached hydrogens (tertiary/aromatic N) is 1. The Kier molecular flexibility index (Phi) is 8.10. The maximum atomic E-state index is 13.2. The van der Waals surface area contributed by atoms with Gasteiger partial charge in [-0.3, -0.25) is 14.9 Å². The van der Waals surface area contributed by atoms with Crippen molar-refractivity contribution in [2.45, 2.75) is 13.5 Å². The first kappa shape index (κ1) is 26.9. The van der Waals surface area contributed by atoms with Crippen LogP contribution in [0.5, 0.6) is 11.5 Å². The second-order valence-electron chi connectivity index (χ2n) is 8.30. The zero-order valence-electron chi connectivity index (χ0n) is 20.7. The smallest absolute Gasteiger partial charge is 0.337 e. The van der Waals surface area contributed by atoms with Crippen LogP contribution < -0.4 is 19.7 Å². The number of urea groups is 1. The molecule has 0 radical (unpaired) electrons. The van der Waals surface area contributed by atoms with Crippen molar-refractivity contribution in [3.63, 3.8) is 0 Å². The van der Waals surface area contributed by atoms with Crippen LogP contribution >= 0.6 is 22.6 Å². The van der Waals surface area contributed by atoms with Crippen molar-refractivity contribution in [3.05, 3.63) is 92.1 Å². The van der Waals surface area contributed by atoms with E-state index in [1.807, 2.05) is 31.2 Å². The fourth-order valence-corrected chi connectivity index (χ4v) is 4.51. The second-order valence-corrected chi connectivity index (χ2v) is 9.47. The molecule has 9 nitrogen and oxygen atoms in total. The van der Waals surface area contributed by atoms with E-state index in [9.17, 15) is 19.2 Å². The number of hydrogen-bond donors (Lipinski definition) is 1. The van der Waals surface area contributed by atoms with Crippen LogP contribution in [0.25, 0.3) is 6.08 Å². The van der Waals surface area contributed by atoms with E-state index in [0.29, 0.717) is 27.2 Å². The van der Waals surface area contributed by atoms with Crippen molar-refractivity contribution in [1.82, 2.24) is 5.32 Å². The van der Waals surface area contributed by atoms with Gasteiger partial charge < -0.3 is 14.2 Å². The number of carbonyl (C=O) groups excluding carboxylic acids is 4. The lowest BCUT2D eigenvalue weighted by molar-refractivity contribution is -0.122. The number of anilines is 1. The summed E-state index contributed by atoms with van der Waals surface area (Å²) in [7, 11) is 2.75. The Labute approximate surface area is 232 Å². The van der Waals surface area contributed by atoms with Gasteiger partial charge >= 0.3 is 12.0 Å². The van der Waals surface area contributed by atoms with Crippen molar-refractivity contribution < 1.29 is 33.4 Å². The largest absolute Gasteiger partial charge is 0.493 e. The number of benzene rings is 3. The number of halogens is 1. The molecular weight excluding hydrogens is 603 g/mol. The average molecular weight is 626 g/mol. The van der Waals surface area contributed by atoms with Crippen LogP contribution in [0.3, 0.4) is 0 Å². The Morgan fingerprint density at radius 3 is 2.32 bits per heavy atom. The van der Waals surface area contributed by atoms with E-state index in [-0.39, 0.29) is 16.8 Å². The minimum atomic E-state index is -0.894. The topological polar surface area (TPSA) is 111 Å². The minimum absolute atomic E-state index is 0.186. The molecule has 3 aromatic carbocycles. The van der Waals surface area contributed by atoms with Crippen molar-refractivity contribution >= 4 is 58.2 Å². The molecule has 1 heterocycles. The van der Waals surface area contributed by atoms with Gasteiger partial charge in [0.15, 0.2) is 11.5 Å². The quantitative estimate of drug-likeness (QED) is 0.176. The molecule has 1 aliphatic rings. The number of aryl methyl sites for hydroxylation is 1. The predicted octanol–water partition coefficient (Wildman–Crippen LogP) is 4.64. The van der Waals surface area contributed by atoms with Crippen LogP contribution in [-0.4, -0.2) is 38.0 Å². The highest BCUT2D eigenvalue weighted by Crippen LogP contribution is 2.35. The molecule has 1 saturated heterocycles. The first-order chi connectivity index (χ1) is 18.2. The lowest BCUT2D eigenvalue weighted by Crippen LogP contribution is -2.54. The molecule has 0 unspecified atom stereocenters. The summed E-state index contributed by atoms with van der Waals surface area (Å²) in [6, 6.07) is 16.1. The number of carbonyl (C=O) groups is 4. The molecule has 38 heavy (non-hydrogen) atoms. The number of rotatable bonds is 7. The predicted molar refractivity (Wildman–Crippen MR) is 148 cm³/mol. The van der Waals surface area contributed by atoms with Crippen LogP contribution in [0.4, 0.5) is 10.5 Å². The first-order valence-corrected chi connectivity index (χ1v) is 12.5. The number of amides is 4. The zero-order valence-corrected chi connectivity index (χ0v) is 22.9. The Morgan fingerprint density at radius 1 is 1.00 bits per heavy atom. The van der Waals surface area contributed by atoms with Gasteiger partial charge in [0, 0.05) is 0 Å². The average Bonchev–Trinajstić information content (AvgIpc) is 2.91. The SMILES string of the molecule is COC(=O)c1ccc(N2C(=O)NC(=O)/C(=C\c3cc(I)c(OCc4ccc(C)cc4)c(OC)c3)C2=O)cc1. The number of esters is 1. The molecule has 4 amide bonds. The van der Waals surface area contributed by atoms with Gasteiger partial charge in [0.05, 0.1) is 29.0 Å². The van der Waals surface area contributed by atoms with Gasteiger partial charge in [-0.1, -0.05) is 29.8 Å². The third kappa shape index (κ3) is 5.70. The maximum Gasteiger partial charge on any atom is 0.337 e. The van der Waals surface area contributed by atoms with Crippen molar-refractivity contribution in [2.75, 3.05) is 19.1 Å². The zero-order chi connectivity index (χ0) is 27.4. The molecular formula is C28H23IN2O7. The normalized spacial score (nSPS) is 14.4. The molecule has 0 bridgehead atoms. The molecule has 4 rings (SSSR count). The molecule has 3 aromatic rings. The number of nitrogens with one attached hydrogen (secondary N) is 1. The van der Waals surface area contributed by atoms with Gasteiger partial charge in [0.25, 0.3) is 11.8 Å². The molecule has 0 saturated carbocycles. The summed E-state index contributed by atoms with van der Waals surface area (Å²) in [5.74, 6) is -1.24. The van der Waals surface area contributed by atoms with Crippen LogP contribution in [-0.2, 0) is 20.9 Å². The molecule has 0 atom stereocenters. The van der Waals surface area contributed by atoms with E-state index in [4.69, 9.17) is 9.47 Å². The standard InChI is InChI=1S/C28H23IN2O7/c1-16-4-6-17(7-5-16)15-38-24-22(29)13-18(14-23(24)36-2)12-21-25(32)30-28(35)31(26(21)33)20-10-8-19(9-11-20)27(34)37-3/h4-14H,15H2,1-3H3,(H,30,32,35)/b21-12+. The van der Waals surface area contributed by atoms with E-state index < -0.39 is 23.8 Å². The lowest BCUT2D eigenvalue weighted by Gasteiger charge is -2.26. The summed E-state index contributed by atoms with van der Waals surface area (Å²) in [6.07, 6.45) is 1.38. The van der Waals surface area contributed by atoms with Gasteiger partial charge in [-0.2, -0.15) is 0 Å². The van der Waals surface area contributed by atoms with Crippen LogP contribution in [0, 0.1) is 10.5 Å². The Morgan fingerprint density at radius 2 is 1.68 bits per heavy atom. The molecule has 10 heteroatoms. The lowest BCUT2D eigenvalue weighted by atomic mass is 10.1. The van der Waals surface area contributed by atoms with Gasteiger partial charge in [0.2, 0.25) is 0 Å². The van der Waals surface area contributed by atoms with E-state index >= 15 is 0 Å². The molecule has 0 aromatic heterocycles. The van der Waals surface area contributed by atoms with Crippen LogP contribution in [0.1, 0.15) is 27.0 Å². The molecule has 194 valence electrons. The van der Waals surface area contributed by atoms with Crippen LogP contribution in [0.2, 0.25) is 0 Å². The number of hydrogen-bond acceptors (Lipinski definition) is 7. The van der Waals surface area contributed by atoms with Gasteiger partial charge in [-0.15, -0.1) is 0 Å². The number of methoxy groups -OCH3 is 2. The van der Waals surface area contributed by atoms with Gasteiger partial charge in [0.1, 0.15) is 12.2 Å². The molecule has 1 N–H and O–H groups in total. The van der Waals surface area contributed by atoms with Crippen molar-refractivity contribution in [3.8, 4) is 11.5 Å². The fraction of sp³-hybridized carbons (Fsp3) is 0.143. The van der Waals surface area contributed by atoms with E-state index in [0.717, 1.165) is 16.0 Å². The summed E-state index contributed by atoms with van der Waals surface area (Å²) >= 11 is 2.09. The van der Waals surface area contributed by atoms with Gasteiger partial charge in [-0.25, -0.2) is 14.5 Å². The van der Waals surface area contributed by atoms with E-state index in [2.05, 4.69) is 32.6 Å². The highest BCUT2D eigenvalue weighted by molar-refractivity contribution is 14.1. The monoisotopic (exact) mass is 626 g/mol. The van der Waals surface area contributed by atoms with Crippen molar-refractivity contribution in [2.24, 2.45) is 0 Å². The fourth-order valence-electron chi connectivity index (χ4n) is 3.73. The summed E-state index contributed by atoms with van der Waals surface area (Å²) in [5.41, 5.74) is 2.84. The molecule has 1 fully saturated rings. The summed E-state index contributed by atoms with van der Waals surface area (Å²) in [6.45, 7) is 2.34. The van der Waals surface area contributed by atoms with E-state index in [1.165, 1.54) is 44.6 Å². The third-order valence-electron chi connectivity index (χ3n) is 5.71. The highest BCUT2D eigenvalue weighted by atomic mass is 127.